The van der Waals surface area contributed by atoms with Gasteiger partial charge in [-0.15, -0.1) is 0 Å². The van der Waals surface area contributed by atoms with Crippen molar-refractivity contribution < 1.29 is 9.13 Å². The summed E-state index contributed by atoms with van der Waals surface area (Å²) in [5, 5.41) is 0. The second-order valence-electron chi connectivity index (χ2n) is 7.75. The maximum Gasteiger partial charge on any atom is 0.123 e. The van der Waals surface area contributed by atoms with Gasteiger partial charge in [-0.2, -0.15) is 0 Å². The van der Waals surface area contributed by atoms with Gasteiger partial charge in [-0.25, -0.2) is 15.2 Å². The first-order chi connectivity index (χ1) is 14.2. The van der Waals surface area contributed by atoms with Crippen molar-refractivity contribution in [3.63, 3.8) is 0 Å². The van der Waals surface area contributed by atoms with Crippen LogP contribution in [-0.4, -0.2) is 13.7 Å². The van der Waals surface area contributed by atoms with E-state index in [9.17, 15) is 4.39 Å². The number of benzene rings is 3. The van der Waals surface area contributed by atoms with Gasteiger partial charge in [0.25, 0.3) is 0 Å². The predicted octanol–water partition coefficient (Wildman–Crippen LogP) is 4.36. The molecular formula is C24H24FN3O. The van der Waals surface area contributed by atoms with Crippen LogP contribution in [0.25, 0.3) is 0 Å². The smallest absolute Gasteiger partial charge is 0.123 e. The molecule has 2 N–H and O–H groups in total. The summed E-state index contributed by atoms with van der Waals surface area (Å²) in [5.74, 6) is 0.941. The summed E-state index contributed by atoms with van der Waals surface area (Å²) in [5.41, 5.74) is 11.4. The number of hydrazine groups is 1. The van der Waals surface area contributed by atoms with Gasteiger partial charge in [0.05, 0.1) is 19.2 Å². The zero-order valence-corrected chi connectivity index (χ0v) is 16.3. The van der Waals surface area contributed by atoms with Crippen molar-refractivity contribution in [2.24, 2.45) is 5.92 Å². The van der Waals surface area contributed by atoms with Gasteiger partial charge in [0, 0.05) is 24.7 Å². The number of nitrogens with zero attached hydrogens (tertiary/aromatic N) is 1. The van der Waals surface area contributed by atoms with Gasteiger partial charge in [-0.1, -0.05) is 42.5 Å². The number of rotatable bonds is 4. The lowest BCUT2D eigenvalue weighted by Crippen LogP contribution is -2.39. The van der Waals surface area contributed by atoms with Gasteiger partial charge in [0.15, 0.2) is 0 Å². The molecular weight excluding hydrogens is 365 g/mol. The Balaban J connectivity index is 1.51. The molecule has 1 saturated heterocycles. The maximum absolute atomic E-state index is 14.1. The van der Waals surface area contributed by atoms with Crippen LogP contribution in [0.5, 0.6) is 5.75 Å². The van der Waals surface area contributed by atoms with Crippen LogP contribution < -0.4 is 20.5 Å². The third-order valence-corrected chi connectivity index (χ3v) is 6.01. The SMILES string of the molecule is COc1cccc(CN2CC3C(c4ccccc4)NNC3c3cc(F)ccc32)c1. The van der Waals surface area contributed by atoms with Crippen LogP contribution in [0.3, 0.4) is 0 Å². The zero-order valence-electron chi connectivity index (χ0n) is 16.3. The average Bonchev–Trinajstić information content (AvgIpc) is 3.18. The second kappa shape index (κ2) is 7.50. The Kier molecular flexibility index (Phi) is 4.70. The molecule has 5 heteroatoms. The highest BCUT2D eigenvalue weighted by atomic mass is 19.1. The Bertz CT molecular complexity index is 1010. The van der Waals surface area contributed by atoms with Gasteiger partial charge in [0.2, 0.25) is 0 Å². The van der Waals surface area contributed by atoms with E-state index in [-0.39, 0.29) is 23.8 Å². The molecule has 3 atom stereocenters. The molecule has 3 aromatic carbocycles. The van der Waals surface area contributed by atoms with E-state index in [1.54, 1.807) is 19.2 Å². The molecule has 3 aromatic rings. The first-order valence-corrected chi connectivity index (χ1v) is 9.96. The summed E-state index contributed by atoms with van der Waals surface area (Å²) in [7, 11) is 1.68. The number of ether oxygens (including phenoxy) is 1. The van der Waals surface area contributed by atoms with Crippen molar-refractivity contribution in [2.45, 2.75) is 18.6 Å². The molecule has 0 radical (unpaired) electrons. The second-order valence-corrected chi connectivity index (χ2v) is 7.75. The highest BCUT2D eigenvalue weighted by Gasteiger charge is 2.43. The lowest BCUT2D eigenvalue weighted by Gasteiger charge is -2.39. The Morgan fingerprint density at radius 1 is 0.966 bits per heavy atom. The van der Waals surface area contributed by atoms with E-state index in [2.05, 4.69) is 52.1 Å². The van der Waals surface area contributed by atoms with Crippen LogP contribution in [-0.2, 0) is 6.54 Å². The summed E-state index contributed by atoms with van der Waals surface area (Å²) in [6.07, 6.45) is 0. The molecule has 0 aliphatic carbocycles. The van der Waals surface area contributed by atoms with Gasteiger partial charge >= 0.3 is 0 Å². The van der Waals surface area contributed by atoms with E-state index in [0.717, 1.165) is 30.1 Å². The fourth-order valence-electron chi connectivity index (χ4n) is 4.65. The minimum Gasteiger partial charge on any atom is -0.497 e. The molecule has 5 rings (SSSR count). The molecule has 29 heavy (non-hydrogen) atoms. The monoisotopic (exact) mass is 389 g/mol. The molecule has 1 fully saturated rings. The van der Waals surface area contributed by atoms with Crippen LogP contribution in [0.15, 0.2) is 72.8 Å². The minimum absolute atomic E-state index is 0.0764. The van der Waals surface area contributed by atoms with E-state index in [1.807, 2.05) is 24.3 Å². The van der Waals surface area contributed by atoms with Crippen molar-refractivity contribution >= 4 is 5.69 Å². The summed E-state index contributed by atoms with van der Waals surface area (Å²) in [6.45, 7) is 1.63. The summed E-state index contributed by atoms with van der Waals surface area (Å²) >= 11 is 0. The van der Waals surface area contributed by atoms with Crippen molar-refractivity contribution in [3.05, 3.63) is 95.3 Å². The topological polar surface area (TPSA) is 36.5 Å². The van der Waals surface area contributed by atoms with Crippen LogP contribution >= 0.6 is 0 Å². The molecule has 3 unspecified atom stereocenters. The van der Waals surface area contributed by atoms with Crippen LogP contribution in [0, 0.1) is 11.7 Å². The zero-order chi connectivity index (χ0) is 19.8. The van der Waals surface area contributed by atoms with Gasteiger partial charge in [-0.05, 0) is 47.0 Å². The van der Waals surface area contributed by atoms with Gasteiger partial charge in [-0.3, -0.25) is 0 Å². The maximum atomic E-state index is 14.1. The fourth-order valence-corrected chi connectivity index (χ4v) is 4.65. The lowest BCUT2D eigenvalue weighted by molar-refractivity contribution is 0.399. The van der Waals surface area contributed by atoms with Crippen molar-refractivity contribution in [2.75, 3.05) is 18.6 Å². The molecule has 0 amide bonds. The van der Waals surface area contributed by atoms with Gasteiger partial charge < -0.3 is 9.64 Å². The molecule has 148 valence electrons. The van der Waals surface area contributed by atoms with E-state index in [0.29, 0.717) is 0 Å². The van der Waals surface area contributed by atoms with Crippen molar-refractivity contribution in [1.29, 1.82) is 0 Å². The number of fused-ring (bicyclic) bond motifs is 3. The third kappa shape index (κ3) is 3.37. The molecule has 0 spiro atoms. The normalized spacial score (nSPS) is 22.8. The number of hydrogen-bond acceptors (Lipinski definition) is 4. The first kappa shape index (κ1) is 18.2. The molecule has 0 saturated carbocycles. The van der Waals surface area contributed by atoms with Crippen LogP contribution in [0.1, 0.15) is 28.8 Å². The average molecular weight is 389 g/mol. The lowest BCUT2D eigenvalue weighted by atomic mass is 9.82. The molecule has 2 heterocycles. The summed E-state index contributed by atoms with van der Waals surface area (Å²) in [4.78, 5) is 2.36. The summed E-state index contributed by atoms with van der Waals surface area (Å²) in [6, 6.07) is 24.0. The van der Waals surface area contributed by atoms with E-state index >= 15 is 0 Å². The quantitative estimate of drug-likeness (QED) is 0.695. The molecule has 0 aromatic heterocycles. The van der Waals surface area contributed by atoms with Gasteiger partial charge in [0.1, 0.15) is 11.6 Å². The number of halogens is 1. The van der Waals surface area contributed by atoms with E-state index in [4.69, 9.17) is 4.74 Å². The molecule has 0 bridgehead atoms. The minimum atomic E-state index is -0.198. The van der Waals surface area contributed by atoms with Crippen LogP contribution in [0.4, 0.5) is 10.1 Å². The number of anilines is 1. The van der Waals surface area contributed by atoms with E-state index in [1.165, 1.54) is 11.1 Å². The number of hydrogen-bond donors (Lipinski definition) is 2. The van der Waals surface area contributed by atoms with Crippen LogP contribution in [0.2, 0.25) is 0 Å². The first-order valence-electron chi connectivity index (χ1n) is 9.96. The highest BCUT2D eigenvalue weighted by Crippen LogP contribution is 2.45. The Hall–Kier alpha value is -2.89. The third-order valence-electron chi connectivity index (χ3n) is 6.01. The standard InChI is InChI=1S/C24H24FN3O/c1-29-19-9-5-6-16(12-19)14-28-15-21-23(17-7-3-2-4-8-17)26-27-24(21)20-13-18(25)10-11-22(20)28/h2-13,21,23-24,26-27H,14-15H2,1H3. The predicted molar refractivity (Wildman–Crippen MR) is 112 cm³/mol. The summed E-state index contributed by atoms with van der Waals surface area (Å²) < 4.78 is 19.5. The Morgan fingerprint density at radius 2 is 1.79 bits per heavy atom. The van der Waals surface area contributed by atoms with E-state index < -0.39 is 0 Å². The number of methoxy groups -OCH3 is 1. The highest BCUT2D eigenvalue weighted by molar-refractivity contribution is 5.59. The molecule has 2 aliphatic heterocycles. The molecule has 2 aliphatic rings. The molecule has 4 nitrogen and oxygen atoms in total. The van der Waals surface area contributed by atoms with Crippen molar-refractivity contribution in [1.82, 2.24) is 10.9 Å². The Labute approximate surface area is 170 Å². The Morgan fingerprint density at radius 3 is 2.62 bits per heavy atom. The largest absolute Gasteiger partial charge is 0.497 e. The number of nitrogens with one attached hydrogen (secondary N) is 2. The fraction of sp³-hybridized carbons (Fsp3) is 0.250. The van der Waals surface area contributed by atoms with Crippen molar-refractivity contribution in [3.8, 4) is 5.75 Å².